The molecule has 6 nitrogen and oxygen atoms in total. The van der Waals surface area contributed by atoms with E-state index in [2.05, 4.69) is 0 Å². The molecular weight excluding hydrogens is 224 g/mol. The Labute approximate surface area is 99.8 Å². The zero-order valence-electron chi connectivity index (χ0n) is 10.3. The molecule has 0 aromatic heterocycles. The monoisotopic (exact) mass is 240 g/mol. The predicted octanol–water partition coefficient (Wildman–Crippen LogP) is 0.658. The number of benzene rings is 1. The lowest BCUT2D eigenvalue weighted by Crippen LogP contribution is -2.33. The number of nitrogens with two attached hydrogens (primary N) is 1. The van der Waals surface area contributed by atoms with Crippen LogP contribution in [0.1, 0.15) is 10.4 Å². The van der Waals surface area contributed by atoms with Crippen molar-refractivity contribution in [3.8, 4) is 17.2 Å². The molecule has 0 atom stereocenters. The Balaban J connectivity index is 3.32. The molecule has 0 saturated carbocycles. The van der Waals surface area contributed by atoms with Crippen LogP contribution in [-0.4, -0.2) is 39.3 Å². The lowest BCUT2D eigenvalue weighted by Gasteiger charge is -2.15. The van der Waals surface area contributed by atoms with E-state index in [-0.39, 0.29) is 5.91 Å². The van der Waals surface area contributed by atoms with Gasteiger partial charge in [-0.05, 0) is 12.1 Å². The van der Waals surface area contributed by atoms with Gasteiger partial charge in [0, 0.05) is 12.6 Å². The number of ether oxygens (including phenoxy) is 3. The normalized spacial score (nSPS) is 9.71. The van der Waals surface area contributed by atoms with Gasteiger partial charge < -0.3 is 14.2 Å². The molecule has 1 aromatic carbocycles. The van der Waals surface area contributed by atoms with Crippen LogP contribution in [0.3, 0.4) is 0 Å². The number of hydrogen-bond donors (Lipinski definition) is 1. The SMILES string of the molecule is COc1cc(C(=O)N(C)N)cc(OC)c1OC. The van der Waals surface area contributed by atoms with Crippen LogP contribution in [0.2, 0.25) is 0 Å². The van der Waals surface area contributed by atoms with Crippen LogP contribution >= 0.6 is 0 Å². The van der Waals surface area contributed by atoms with Crippen molar-refractivity contribution in [1.29, 1.82) is 0 Å². The van der Waals surface area contributed by atoms with Crippen molar-refractivity contribution in [1.82, 2.24) is 5.01 Å². The number of nitrogens with zero attached hydrogens (tertiary/aromatic N) is 1. The van der Waals surface area contributed by atoms with Gasteiger partial charge in [-0.25, -0.2) is 5.84 Å². The zero-order chi connectivity index (χ0) is 13.0. The van der Waals surface area contributed by atoms with E-state index in [0.717, 1.165) is 5.01 Å². The fraction of sp³-hybridized carbons (Fsp3) is 0.364. The van der Waals surface area contributed by atoms with E-state index < -0.39 is 0 Å². The molecule has 17 heavy (non-hydrogen) atoms. The van der Waals surface area contributed by atoms with Gasteiger partial charge in [-0.3, -0.25) is 9.80 Å². The molecular formula is C11H16N2O4. The number of methoxy groups -OCH3 is 3. The maximum Gasteiger partial charge on any atom is 0.267 e. The molecule has 1 aromatic rings. The Morgan fingerprint density at radius 3 is 1.88 bits per heavy atom. The van der Waals surface area contributed by atoms with Crippen LogP contribution in [-0.2, 0) is 0 Å². The smallest absolute Gasteiger partial charge is 0.267 e. The van der Waals surface area contributed by atoms with Gasteiger partial charge in [0.1, 0.15) is 0 Å². The van der Waals surface area contributed by atoms with Crippen molar-refractivity contribution >= 4 is 5.91 Å². The van der Waals surface area contributed by atoms with E-state index in [4.69, 9.17) is 20.1 Å². The minimum absolute atomic E-state index is 0.343. The molecule has 0 aliphatic carbocycles. The van der Waals surface area contributed by atoms with E-state index in [1.54, 1.807) is 12.1 Å². The Morgan fingerprint density at radius 1 is 1.12 bits per heavy atom. The number of hydrazine groups is 1. The standard InChI is InChI=1S/C11H16N2O4/c1-13(12)11(14)7-5-8(15-2)10(17-4)9(6-7)16-3/h5-6H,12H2,1-4H3. The van der Waals surface area contributed by atoms with Crippen molar-refractivity contribution < 1.29 is 19.0 Å². The first-order valence-electron chi connectivity index (χ1n) is 4.87. The average molecular weight is 240 g/mol. The number of hydrogen-bond acceptors (Lipinski definition) is 5. The second-order valence-electron chi connectivity index (χ2n) is 3.33. The van der Waals surface area contributed by atoms with Crippen molar-refractivity contribution in [2.24, 2.45) is 5.84 Å². The molecule has 0 bridgehead atoms. The highest BCUT2D eigenvalue weighted by Gasteiger charge is 2.17. The summed E-state index contributed by atoms with van der Waals surface area (Å²) in [4.78, 5) is 11.7. The molecule has 0 unspecified atom stereocenters. The fourth-order valence-corrected chi connectivity index (χ4v) is 1.41. The maximum atomic E-state index is 11.7. The molecule has 1 rings (SSSR count). The van der Waals surface area contributed by atoms with E-state index >= 15 is 0 Å². The summed E-state index contributed by atoms with van der Waals surface area (Å²) >= 11 is 0. The Hall–Kier alpha value is -1.95. The largest absolute Gasteiger partial charge is 0.493 e. The first-order chi connectivity index (χ1) is 8.04. The fourth-order valence-electron chi connectivity index (χ4n) is 1.41. The highest BCUT2D eigenvalue weighted by Crippen LogP contribution is 2.38. The second-order valence-corrected chi connectivity index (χ2v) is 3.33. The topological polar surface area (TPSA) is 74.0 Å². The van der Waals surface area contributed by atoms with Crippen molar-refractivity contribution in [3.05, 3.63) is 17.7 Å². The Morgan fingerprint density at radius 2 is 1.59 bits per heavy atom. The van der Waals surface area contributed by atoms with Gasteiger partial charge in [0.05, 0.1) is 21.3 Å². The summed E-state index contributed by atoms with van der Waals surface area (Å²) in [5, 5.41) is 0.987. The molecule has 1 amide bonds. The summed E-state index contributed by atoms with van der Waals surface area (Å²) in [5.41, 5.74) is 0.365. The maximum absolute atomic E-state index is 11.7. The molecule has 0 radical (unpaired) electrons. The van der Waals surface area contributed by atoms with E-state index in [9.17, 15) is 4.79 Å². The second kappa shape index (κ2) is 5.40. The van der Waals surface area contributed by atoms with Gasteiger partial charge >= 0.3 is 0 Å². The number of carbonyl (C=O) groups is 1. The number of rotatable bonds is 4. The predicted molar refractivity (Wildman–Crippen MR) is 62.4 cm³/mol. The summed E-state index contributed by atoms with van der Waals surface area (Å²) in [6.07, 6.45) is 0. The van der Waals surface area contributed by atoms with Crippen molar-refractivity contribution in [2.75, 3.05) is 28.4 Å². The van der Waals surface area contributed by atoms with Crippen LogP contribution in [0.5, 0.6) is 17.2 Å². The summed E-state index contributed by atoms with van der Waals surface area (Å²) < 4.78 is 15.4. The highest BCUT2D eigenvalue weighted by molar-refractivity contribution is 5.95. The van der Waals surface area contributed by atoms with Crippen LogP contribution in [0.15, 0.2) is 12.1 Å². The molecule has 2 N–H and O–H groups in total. The lowest BCUT2D eigenvalue weighted by molar-refractivity contribution is 0.0794. The minimum atomic E-state index is -0.343. The average Bonchev–Trinajstić information content (AvgIpc) is 2.35. The molecule has 0 spiro atoms. The molecule has 94 valence electrons. The molecule has 0 fully saturated rings. The molecule has 0 aliphatic rings. The summed E-state index contributed by atoms with van der Waals surface area (Å²) in [7, 11) is 5.93. The third-order valence-corrected chi connectivity index (χ3v) is 2.23. The molecule has 0 aliphatic heterocycles. The quantitative estimate of drug-likeness (QED) is 0.475. The number of amides is 1. The highest BCUT2D eigenvalue weighted by atomic mass is 16.5. The summed E-state index contributed by atoms with van der Waals surface area (Å²) in [6, 6.07) is 3.10. The van der Waals surface area contributed by atoms with Crippen LogP contribution in [0.4, 0.5) is 0 Å². The van der Waals surface area contributed by atoms with Gasteiger partial charge in [-0.1, -0.05) is 0 Å². The molecule has 6 heteroatoms. The van der Waals surface area contributed by atoms with Crippen molar-refractivity contribution in [2.45, 2.75) is 0 Å². The van der Waals surface area contributed by atoms with Crippen molar-refractivity contribution in [3.63, 3.8) is 0 Å². The Bertz CT molecular complexity index is 393. The summed E-state index contributed by atoms with van der Waals surface area (Å²) in [5.74, 6) is 6.31. The van der Waals surface area contributed by atoms with Crippen LogP contribution < -0.4 is 20.1 Å². The van der Waals surface area contributed by atoms with Gasteiger partial charge in [-0.2, -0.15) is 0 Å². The van der Waals surface area contributed by atoms with Gasteiger partial charge in [0.2, 0.25) is 5.75 Å². The minimum Gasteiger partial charge on any atom is -0.493 e. The van der Waals surface area contributed by atoms with E-state index in [0.29, 0.717) is 22.8 Å². The third-order valence-electron chi connectivity index (χ3n) is 2.23. The first kappa shape index (κ1) is 13.1. The molecule has 0 saturated heterocycles. The third kappa shape index (κ3) is 2.59. The van der Waals surface area contributed by atoms with Gasteiger partial charge in [0.15, 0.2) is 11.5 Å². The van der Waals surface area contributed by atoms with Gasteiger partial charge in [0.25, 0.3) is 5.91 Å². The van der Waals surface area contributed by atoms with Gasteiger partial charge in [-0.15, -0.1) is 0 Å². The van der Waals surface area contributed by atoms with E-state index in [1.807, 2.05) is 0 Å². The lowest BCUT2D eigenvalue weighted by atomic mass is 10.1. The zero-order valence-corrected chi connectivity index (χ0v) is 10.3. The first-order valence-corrected chi connectivity index (χ1v) is 4.87. The van der Waals surface area contributed by atoms with Crippen LogP contribution in [0, 0.1) is 0 Å². The Kier molecular flexibility index (Phi) is 4.17. The number of carbonyl (C=O) groups excluding carboxylic acids is 1. The summed E-state index contributed by atoms with van der Waals surface area (Å²) in [6.45, 7) is 0. The van der Waals surface area contributed by atoms with E-state index in [1.165, 1.54) is 28.4 Å². The van der Waals surface area contributed by atoms with Crippen LogP contribution in [0.25, 0.3) is 0 Å². The molecule has 0 heterocycles.